The highest BCUT2D eigenvalue weighted by Gasteiger charge is 2.18. The average Bonchev–Trinajstić information content (AvgIpc) is 2.41. The maximum Gasteiger partial charge on any atom is 0.238 e. The van der Waals surface area contributed by atoms with Gasteiger partial charge in [-0.1, -0.05) is 12.1 Å². The van der Waals surface area contributed by atoms with Crippen molar-refractivity contribution in [2.24, 2.45) is 0 Å². The number of nitrogens with one attached hydrogen (secondary N) is 3. The molecule has 6 heteroatoms. The Morgan fingerprint density at radius 2 is 2.21 bits per heavy atom. The van der Waals surface area contributed by atoms with Gasteiger partial charge in [0.25, 0.3) is 0 Å². The Kier molecular flexibility index (Phi) is 4.46. The molecule has 0 saturated carbocycles. The lowest BCUT2D eigenvalue weighted by Gasteiger charge is -2.23. The first-order valence-electron chi connectivity index (χ1n) is 6.19. The lowest BCUT2D eigenvalue weighted by molar-refractivity contribution is -0.122. The molecular formula is C13H16FN3O2. The molecule has 2 amide bonds. The molecule has 19 heavy (non-hydrogen) atoms. The summed E-state index contributed by atoms with van der Waals surface area (Å²) in [5.74, 6) is -0.725. The van der Waals surface area contributed by atoms with Crippen LogP contribution in [0.2, 0.25) is 0 Å². The molecule has 0 spiro atoms. The van der Waals surface area contributed by atoms with Crippen LogP contribution in [0.4, 0.5) is 10.1 Å². The summed E-state index contributed by atoms with van der Waals surface area (Å²) >= 11 is 0. The second-order valence-electron chi connectivity index (χ2n) is 4.45. The van der Waals surface area contributed by atoms with E-state index in [9.17, 15) is 14.0 Å². The fourth-order valence-corrected chi connectivity index (χ4v) is 1.90. The van der Waals surface area contributed by atoms with E-state index in [0.29, 0.717) is 19.4 Å². The molecule has 1 saturated heterocycles. The van der Waals surface area contributed by atoms with Gasteiger partial charge in [-0.05, 0) is 18.6 Å². The number of halogens is 1. The summed E-state index contributed by atoms with van der Waals surface area (Å²) in [4.78, 5) is 22.6. The molecule has 1 heterocycles. The Bertz CT molecular complexity index is 469. The average molecular weight is 265 g/mol. The zero-order valence-electron chi connectivity index (χ0n) is 10.4. The Balaban J connectivity index is 1.76. The molecule has 0 aromatic heterocycles. The third-order valence-electron chi connectivity index (χ3n) is 2.96. The van der Waals surface area contributed by atoms with E-state index in [2.05, 4.69) is 16.0 Å². The maximum absolute atomic E-state index is 13.3. The van der Waals surface area contributed by atoms with Crippen LogP contribution in [-0.4, -0.2) is 30.9 Å². The van der Waals surface area contributed by atoms with E-state index in [1.807, 2.05) is 0 Å². The Morgan fingerprint density at radius 1 is 1.42 bits per heavy atom. The van der Waals surface area contributed by atoms with Crippen LogP contribution in [0.3, 0.4) is 0 Å². The molecule has 3 N–H and O–H groups in total. The van der Waals surface area contributed by atoms with Crippen molar-refractivity contribution in [1.29, 1.82) is 0 Å². The SMILES string of the molecule is O=C1CCC(NCC(=O)Nc2ccccc2F)CN1. The molecule has 1 aliphatic heterocycles. The minimum Gasteiger partial charge on any atom is -0.355 e. The van der Waals surface area contributed by atoms with Gasteiger partial charge in [-0.3, -0.25) is 9.59 Å². The van der Waals surface area contributed by atoms with E-state index in [1.54, 1.807) is 12.1 Å². The van der Waals surface area contributed by atoms with Gasteiger partial charge < -0.3 is 16.0 Å². The summed E-state index contributed by atoms with van der Waals surface area (Å²) in [5.41, 5.74) is 0.172. The Hall–Kier alpha value is -1.95. The minimum absolute atomic E-state index is 0.0360. The molecule has 1 unspecified atom stereocenters. The van der Waals surface area contributed by atoms with Crippen LogP contribution < -0.4 is 16.0 Å². The number of anilines is 1. The highest BCUT2D eigenvalue weighted by Crippen LogP contribution is 2.11. The van der Waals surface area contributed by atoms with Crippen molar-refractivity contribution in [1.82, 2.24) is 10.6 Å². The zero-order valence-corrected chi connectivity index (χ0v) is 10.4. The topological polar surface area (TPSA) is 70.2 Å². The molecule has 1 aromatic rings. The highest BCUT2D eigenvalue weighted by atomic mass is 19.1. The fraction of sp³-hybridized carbons (Fsp3) is 0.385. The van der Waals surface area contributed by atoms with E-state index in [4.69, 9.17) is 0 Å². The van der Waals surface area contributed by atoms with E-state index >= 15 is 0 Å². The Labute approximate surface area is 110 Å². The van der Waals surface area contributed by atoms with Crippen LogP contribution in [0.25, 0.3) is 0 Å². The molecule has 1 fully saturated rings. The maximum atomic E-state index is 13.3. The normalized spacial score (nSPS) is 18.8. The zero-order chi connectivity index (χ0) is 13.7. The summed E-state index contributed by atoms with van der Waals surface area (Å²) in [5, 5.41) is 8.25. The van der Waals surface area contributed by atoms with Gasteiger partial charge in [0.1, 0.15) is 5.82 Å². The third-order valence-corrected chi connectivity index (χ3v) is 2.96. The van der Waals surface area contributed by atoms with Crippen LogP contribution in [0.5, 0.6) is 0 Å². The highest BCUT2D eigenvalue weighted by molar-refractivity contribution is 5.92. The standard InChI is InChI=1S/C13H16FN3O2/c14-10-3-1-2-4-11(10)17-13(19)8-15-9-5-6-12(18)16-7-9/h1-4,9,15H,5-8H2,(H,16,18)(H,17,19). The molecule has 0 bridgehead atoms. The quantitative estimate of drug-likeness (QED) is 0.748. The minimum atomic E-state index is -0.458. The summed E-state index contributed by atoms with van der Waals surface area (Å²) in [6.07, 6.45) is 1.17. The molecule has 0 aliphatic carbocycles. The van der Waals surface area contributed by atoms with Crippen molar-refractivity contribution >= 4 is 17.5 Å². The number of carbonyl (C=O) groups excluding carboxylic acids is 2. The number of hydrogen-bond acceptors (Lipinski definition) is 3. The third kappa shape index (κ3) is 4.03. The van der Waals surface area contributed by atoms with Crippen molar-refractivity contribution < 1.29 is 14.0 Å². The molecule has 102 valence electrons. The fourth-order valence-electron chi connectivity index (χ4n) is 1.90. The molecular weight excluding hydrogens is 249 g/mol. The van der Waals surface area contributed by atoms with Gasteiger partial charge in [0.05, 0.1) is 12.2 Å². The second-order valence-corrected chi connectivity index (χ2v) is 4.45. The van der Waals surface area contributed by atoms with Crippen molar-refractivity contribution in [2.45, 2.75) is 18.9 Å². The van der Waals surface area contributed by atoms with Gasteiger partial charge in [-0.15, -0.1) is 0 Å². The lowest BCUT2D eigenvalue weighted by Crippen LogP contribution is -2.47. The van der Waals surface area contributed by atoms with E-state index in [0.717, 1.165) is 0 Å². The first kappa shape index (κ1) is 13.5. The van der Waals surface area contributed by atoms with E-state index in [1.165, 1.54) is 12.1 Å². The monoisotopic (exact) mass is 265 g/mol. The first-order valence-corrected chi connectivity index (χ1v) is 6.19. The number of carbonyl (C=O) groups is 2. The largest absolute Gasteiger partial charge is 0.355 e. The molecule has 0 radical (unpaired) electrons. The van der Waals surface area contributed by atoms with Crippen molar-refractivity contribution in [3.63, 3.8) is 0 Å². The van der Waals surface area contributed by atoms with Crippen LogP contribution in [0.1, 0.15) is 12.8 Å². The van der Waals surface area contributed by atoms with Crippen LogP contribution in [0.15, 0.2) is 24.3 Å². The van der Waals surface area contributed by atoms with E-state index in [-0.39, 0.29) is 30.1 Å². The number of rotatable bonds is 4. The summed E-state index contributed by atoms with van der Waals surface area (Å²) in [7, 11) is 0. The molecule has 5 nitrogen and oxygen atoms in total. The predicted molar refractivity (Wildman–Crippen MR) is 69.1 cm³/mol. The van der Waals surface area contributed by atoms with Gasteiger partial charge >= 0.3 is 0 Å². The van der Waals surface area contributed by atoms with Crippen LogP contribution in [0, 0.1) is 5.82 Å². The first-order chi connectivity index (χ1) is 9.15. The number of amides is 2. The molecule has 1 aliphatic rings. The summed E-state index contributed by atoms with van der Waals surface area (Å²) in [6, 6.07) is 6.11. The number of piperidine rings is 1. The van der Waals surface area contributed by atoms with Gasteiger partial charge in [0.15, 0.2) is 0 Å². The van der Waals surface area contributed by atoms with Crippen molar-refractivity contribution in [3.05, 3.63) is 30.1 Å². The number of para-hydroxylation sites is 1. The van der Waals surface area contributed by atoms with Crippen molar-refractivity contribution in [2.75, 3.05) is 18.4 Å². The van der Waals surface area contributed by atoms with Crippen molar-refractivity contribution in [3.8, 4) is 0 Å². The number of hydrogen-bond donors (Lipinski definition) is 3. The Morgan fingerprint density at radius 3 is 2.89 bits per heavy atom. The molecule has 1 atom stereocenters. The summed E-state index contributed by atoms with van der Waals surface area (Å²) < 4.78 is 13.3. The smallest absolute Gasteiger partial charge is 0.238 e. The molecule has 1 aromatic carbocycles. The molecule has 2 rings (SSSR count). The van der Waals surface area contributed by atoms with Gasteiger partial charge in [0, 0.05) is 19.0 Å². The van der Waals surface area contributed by atoms with Gasteiger partial charge in [-0.2, -0.15) is 0 Å². The number of benzene rings is 1. The predicted octanol–water partition coefficient (Wildman–Crippen LogP) is 0.632. The van der Waals surface area contributed by atoms with Gasteiger partial charge in [0.2, 0.25) is 11.8 Å². The van der Waals surface area contributed by atoms with Crippen LogP contribution >= 0.6 is 0 Å². The van der Waals surface area contributed by atoms with Gasteiger partial charge in [-0.25, -0.2) is 4.39 Å². The lowest BCUT2D eigenvalue weighted by atomic mass is 10.1. The second kappa shape index (κ2) is 6.29. The van der Waals surface area contributed by atoms with Crippen LogP contribution in [-0.2, 0) is 9.59 Å². The summed E-state index contributed by atoms with van der Waals surface area (Å²) in [6.45, 7) is 0.612. The van der Waals surface area contributed by atoms with E-state index < -0.39 is 5.82 Å².